The van der Waals surface area contributed by atoms with Crippen molar-refractivity contribution < 1.29 is 4.79 Å². The fraction of sp³-hybridized carbons (Fsp3) is 0.556. The van der Waals surface area contributed by atoms with Gasteiger partial charge < -0.3 is 4.57 Å². The maximum Gasteiger partial charge on any atom is 0.307 e. The first-order chi connectivity index (χ1) is 6.24. The van der Waals surface area contributed by atoms with Crippen molar-refractivity contribution in [3.8, 4) is 0 Å². The maximum atomic E-state index is 11.1. The van der Waals surface area contributed by atoms with E-state index in [-0.39, 0.29) is 10.7 Å². The van der Waals surface area contributed by atoms with Crippen molar-refractivity contribution >= 4 is 17.1 Å². The van der Waals surface area contributed by atoms with Crippen LogP contribution in [0.15, 0.2) is 16.4 Å². The molecule has 72 valence electrons. The number of rotatable bonds is 5. The summed E-state index contributed by atoms with van der Waals surface area (Å²) in [4.78, 5) is 22.1. The largest absolute Gasteiger partial charge is 0.307 e. The van der Waals surface area contributed by atoms with Crippen LogP contribution in [0.3, 0.4) is 0 Å². The van der Waals surface area contributed by atoms with E-state index in [1.807, 2.05) is 6.92 Å². The summed E-state index contributed by atoms with van der Waals surface area (Å²) < 4.78 is 1.65. The lowest BCUT2D eigenvalue weighted by Crippen LogP contribution is -2.12. The van der Waals surface area contributed by atoms with Gasteiger partial charge in [-0.1, -0.05) is 18.3 Å². The van der Waals surface area contributed by atoms with E-state index >= 15 is 0 Å². The Morgan fingerprint density at radius 2 is 2.38 bits per heavy atom. The molecule has 0 radical (unpaired) electrons. The summed E-state index contributed by atoms with van der Waals surface area (Å²) in [6.07, 6.45) is 3.71. The third-order valence-electron chi connectivity index (χ3n) is 1.89. The van der Waals surface area contributed by atoms with Crippen molar-refractivity contribution in [3.05, 3.63) is 21.2 Å². The van der Waals surface area contributed by atoms with E-state index in [2.05, 4.69) is 0 Å². The lowest BCUT2D eigenvalue weighted by Gasteiger charge is -1.99. The molecule has 0 atom stereocenters. The molecular weight excluding hydrogens is 186 g/mol. The van der Waals surface area contributed by atoms with Gasteiger partial charge in [0, 0.05) is 31.0 Å². The van der Waals surface area contributed by atoms with Gasteiger partial charge in [-0.25, -0.2) is 0 Å². The van der Waals surface area contributed by atoms with Gasteiger partial charge in [-0.15, -0.1) is 0 Å². The number of hydrogen-bond donors (Lipinski definition) is 0. The Morgan fingerprint density at radius 1 is 1.62 bits per heavy atom. The van der Waals surface area contributed by atoms with Crippen LogP contribution in [0.2, 0.25) is 0 Å². The molecule has 0 aliphatic carbocycles. The van der Waals surface area contributed by atoms with E-state index in [4.69, 9.17) is 0 Å². The highest BCUT2D eigenvalue weighted by atomic mass is 32.1. The smallest absolute Gasteiger partial charge is 0.306 e. The van der Waals surface area contributed by atoms with Gasteiger partial charge in [0.15, 0.2) is 0 Å². The number of aromatic nitrogens is 1. The molecule has 0 aromatic carbocycles. The molecule has 0 aliphatic heterocycles. The summed E-state index contributed by atoms with van der Waals surface area (Å²) in [5, 5.41) is 1.77. The number of carbonyl (C=O) groups excluding carboxylic acids is 1. The minimum Gasteiger partial charge on any atom is -0.306 e. The lowest BCUT2D eigenvalue weighted by atomic mass is 10.2. The van der Waals surface area contributed by atoms with Gasteiger partial charge in [-0.05, 0) is 6.42 Å². The highest BCUT2D eigenvalue weighted by Gasteiger charge is 1.99. The highest BCUT2D eigenvalue weighted by Crippen LogP contribution is 1.98. The number of nitrogens with zero attached hydrogens (tertiary/aromatic N) is 1. The molecule has 1 aromatic heterocycles. The Hall–Kier alpha value is -0.900. The Bertz CT molecular complexity index is 326. The summed E-state index contributed by atoms with van der Waals surface area (Å²) in [6.45, 7) is 2.52. The zero-order valence-electron chi connectivity index (χ0n) is 7.66. The van der Waals surface area contributed by atoms with E-state index in [1.165, 1.54) is 11.3 Å². The molecule has 1 aromatic rings. The molecular formula is C9H13NO2S. The quantitative estimate of drug-likeness (QED) is 0.723. The van der Waals surface area contributed by atoms with Crippen LogP contribution in [-0.4, -0.2) is 10.4 Å². The normalized spacial score (nSPS) is 10.2. The fourth-order valence-electron chi connectivity index (χ4n) is 1.08. The molecule has 0 aliphatic rings. The van der Waals surface area contributed by atoms with Crippen molar-refractivity contribution in [3.63, 3.8) is 0 Å². The maximum absolute atomic E-state index is 11.1. The summed E-state index contributed by atoms with van der Waals surface area (Å²) in [5.74, 6) is 0.267. The molecule has 0 amide bonds. The average molecular weight is 199 g/mol. The van der Waals surface area contributed by atoms with Gasteiger partial charge >= 0.3 is 4.87 Å². The van der Waals surface area contributed by atoms with Gasteiger partial charge in [-0.3, -0.25) is 9.59 Å². The third kappa shape index (κ3) is 3.14. The summed E-state index contributed by atoms with van der Waals surface area (Å²) in [6, 6.07) is 0. The molecule has 0 saturated heterocycles. The Labute approximate surface area is 81.0 Å². The van der Waals surface area contributed by atoms with Gasteiger partial charge in [0.2, 0.25) is 0 Å². The second kappa shape index (κ2) is 4.97. The van der Waals surface area contributed by atoms with E-state index in [1.54, 1.807) is 16.1 Å². The van der Waals surface area contributed by atoms with Crippen molar-refractivity contribution in [2.45, 2.75) is 32.7 Å². The van der Waals surface area contributed by atoms with Crippen LogP contribution in [0.25, 0.3) is 0 Å². The predicted molar refractivity (Wildman–Crippen MR) is 53.1 cm³/mol. The molecule has 0 bridgehead atoms. The lowest BCUT2D eigenvalue weighted by molar-refractivity contribution is -0.118. The monoisotopic (exact) mass is 199 g/mol. The van der Waals surface area contributed by atoms with Gasteiger partial charge in [0.25, 0.3) is 0 Å². The fourth-order valence-corrected chi connectivity index (χ4v) is 1.69. The van der Waals surface area contributed by atoms with E-state index in [9.17, 15) is 9.59 Å². The topological polar surface area (TPSA) is 39.1 Å². The van der Waals surface area contributed by atoms with Crippen molar-refractivity contribution in [2.75, 3.05) is 0 Å². The summed E-state index contributed by atoms with van der Waals surface area (Å²) in [7, 11) is 0. The molecule has 0 unspecified atom stereocenters. The Morgan fingerprint density at radius 3 is 2.92 bits per heavy atom. The minimum atomic E-state index is 0.0592. The minimum absolute atomic E-state index is 0.0592. The van der Waals surface area contributed by atoms with Gasteiger partial charge in [0.1, 0.15) is 5.78 Å². The molecule has 1 heterocycles. The molecule has 0 spiro atoms. The second-order valence-electron chi connectivity index (χ2n) is 2.86. The first-order valence-corrected chi connectivity index (χ1v) is 5.27. The molecule has 0 saturated carbocycles. The van der Waals surface area contributed by atoms with E-state index in [0.717, 1.165) is 6.42 Å². The van der Waals surface area contributed by atoms with Crippen molar-refractivity contribution in [1.82, 2.24) is 4.57 Å². The number of hydrogen-bond acceptors (Lipinski definition) is 3. The number of carbonyl (C=O) groups is 1. The van der Waals surface area contributed by atoms with Crippen molar-refractivity contribution in [1.29, 1.82) is 0 Å². The van der Waals surface area contributed by atoms with Crippen LogP contribution in [0.5, 0.6) is 0 Å². The van der Waals surface area contributed by atoms with Crippen LogP contribution in [0, 0.1) is 0 Å². The number of ketones is 1. The zero-order valence-corrected chi connectivity index (χ0v) is 8.47. The summed E-state index contributed by atoms with van der Waals surface area (Å²) >= 11 is 1.19. The van der Waals surface area contributed by atoms with Crippen LogP contribution in [0.4, 0.5) is 0 Å². The summed E-state index contributed by atoms with van der Waals surface area (Å²) in [5.41, 5.74) is 0. The first-order valence-electron chi connectivity index (χ1n) is 4.39. The Balaban J connectivity index is 2.32. The number of thiazole rings is 1. The SMILES string of the molecule is CCC(=O)CCCn1ccsc1=O. The van der Waals surface area contributed by atoms with E-state index in [0.29, 0.717) is 19.4 Å². The van der Waals surface area contributed by atoms with Crippen molar-refractivity contribution in [2.24, 2.45) is 0 Å². The molecule has 3 nitrogen and oxygen atoms in total. The van der Waals surface area contributed by atoms with E-state index < -0.39 is 0 Å². The third-order valence-corrected chi connectivity index (χ3v) is 2.59. The molecule has 13 heavy (non-hydrogen) atoms. The zero-order chi connectivity index (χ0) is 9.68. The molecule has 4 heteroatoms. The van der Waals surface area contributed by atoms with Crippen LogP contribution >= 0.6 is 11.3 Å². The number of aryl methyl sites for hydroxylation is 1. The standard InChI is InChI=1S/C9H13NO2S/c1-2-8(11)4-3-5-10-6-7-13-9(10)12/h6-7H,2-5H2,1H3. The van der Waals surface area contributed by atoms with Crippen LogP contribution in [-0.2, 0) is 11.3 Å². The predicted octanol–water partition coefficient (Wildman–Crippen LogP) is 1.67. The van der Waals surface area contributed by atoms with Gasteiger partial charge in [-0.2, -0.15) is 0 Å². The number of Topliss-reactive ketones (excluding diaryl/α,β-unsaturated/α-hetero) is 1. The molecule has 0 fully saturated rings. The Kier molecular flexibility index (Phi) is 3.89. The van der Waals surface area contributed by atoms with Crippen LogP contribution < -0.4 is 4.87 Å². The molecule has 1 rings (SSSR count). The van der Waals surface area contributed by atoms with Crippen LogP contribution in [0.1, 0.15) is 26.2 Å². The average Bonchev–Trinajstić information content (AvgIpc) is 2.52. The molecule has 0 N–H and O–H groups in total. The van der Waals surface area contributed by atoms with Gasteiger partial charge in [0.05, 0.1) is 0 Å². The highest BCUT2D eigenvalue weighted by molar-refractivity contribution is 7.07. The second-order valence-corrected chi connectivity index (χ2v) is 3.72. The first kappa shape index (κ1) is 10.2.